The van der Waals surface area contributed by atoms with E-state index in [2.05, 4.69) is 4.90 Å². The minimum atomic E-state index is -0.862. The van der Waals surface area contributed by atoms with E-state index in [1.807, 2.05) is 0 Å². The number of hydrogen-bond donors (Lipinski definition) is 1. The van der Waals surface area contributed by atoms with Crippen LogP contribution in [-0.4, -0.2) is 71.7 Å². The van der Waals surface area contributed by atoms with Gasteiger partial charge in [0, 0.05) is 32.7 Å². The molecule has 6 nitrogen and oxygen atoms in total. The van der Waals surface area contributed by atoms with E-state index in [4.69, 9.17) is 4.74 Å². The Morgan fingerprint density at radius 2 is 1.82 bits per heavy atom. The van der Waals surface area contributed by atoms with Crippen LogP contribution in [0.2, 0.25) is 0 Å². The second kappa shape index (κ2) is 6.16. The minimum absolute atomic E-state index is 0.0103. The van der Waals surface area contributed by atoms with Gasteiger partial charge in [-0.2, -0.15) is 0 Å². The van der Waals surface area contributed by atoms with Crippen molar-refractivity contribution in [1.82, 2.24) is 9.80 Å². The highest BCUT2D eigenvalue weighted by atomic mass is 16.5. The molecule has 22 heavy (non-hydrogen) atoms. The van der Waals surface area contributed by atoms with Crippen molar-refractivity contribution in [3.8, 4) is 0 Å². The Bertz CT molecular complexity index is 415. The van der Waals surface area contributed by atoms with Crippen LogP contribution in [0.4, 0.5) is 0 Å². The molecular formula is C16H26N2O4. The Hall–Kier alpha value is -1.14. The van der Waals surface area contributed by atoms with Gasteiger partial charge in [-0.15, -0.1) is 0 Å². The molecule has 3 aliphatic heterocycles. The Balaban J connectivity index is 1.62. The molecule has 0 bridgehead atoms. The number of carboxylic acid groups (broad SMARTS) is 1. The Kier molecular flexibility index (Phi) is 4.41. The van der Waals surface area contributed by atoms with Gasteiger partial charge in [0.1, 0.15) is 6.04 Å². The third-order valence-corrected chi connectivity index (χ3v) is 5.76. The SMILES string of the molecule is CC(=O)N1CC2(CCN(C3CCOCC3)CC2)C[C@@H]1C(=O)O. The first-order valence-electron chi connectivity index (χ1n) is 8.33. The maximum Gasteiger partial charge on any atom is 0.326 e. The van der Waals surface area contributed by atoms with Gasteiger partial charge in [-0.05, 0) is 50.6 Å². The van der Waals surface area contributed by atoms with Crippen molar-refractivity contribution in [2.24, 2.45) is 5.41 Å². The third kappa shape index (κ3) is 2.99. The molecule has 3 fully saturated rings. The predicted octanol–water partition coefficient (Wildman–Crippen LogP) is 0.953. The molecule has 3 saturated heterocycles. The quantitative estimate of drug-likeness (QED) is 0.822. The van der Waals surface area contributed by atoms with Crippen LogP contribution in [0.1, 0.15) is 39.0 Å². The van der Waals surface area contributed by atoms with Crippen LogP contribution in [0.5, 0.6) is 0 Å². The molecule has 124 valence electrons. The summed E-state index contributed by atoms with van der Waals surface area (Å²) in [7, 11) is 0. The first kappa shape index (κ1) is 15.7. The van der Waals surface area contributed by atoms with Crippen LogP contribution < -0.4 is 0 Å². The second-order valence-corrected chi connectivity index (χ2v) is 7.08. The Morgan fingerprint density at radius 3 is 2.32 bits per heavy atom. The molecular weight excluding hydrogens is 284 g/mol. The minimum Gasteiger partial charge on any atom is -0.480 e. The molecule has 0 saturated carbocycles. The number of aliphatic carboxylic acids is 1. The Morgan fingerprint density at radius 1 is 1.18 bits per heavy atom. The number of hydrogen-bond acceptors (Lipinski definition) is 4. The van der Waals surface area contributed by atoms with Crippen molar-refractivity contribution in [3.05, 3.63) is 0 Å². The smallest absolute Gasteiger partial charge is 0.326 e. The van der Waals surface area contributed by atoms with E-state index in [9.17, 15) is 14.7 Å². The zero-order valence-corrected chi connectivity index (χ0v) is 13.3. The van der Waals surface area contributed by atoms with Gasteiger partial charge in [-0.3, -0.25) is 4.79 Å². The fraction of sp³-hybridized carbons (Fsp3) is 0.875. The normalized spacial score (nSPS) is 29.9. The highest BCUT2D eigenvalue weighted by molar-refractivity contribution is 5.83. The summed E-state index contributed by atoms with van der Waals surface area (Å²) in [4.78, 5) is 27.3. The number of carboxylic acids is 1. The van der Waals surface area contributed by atoms with Gasteiger partial charge in [0.25, 0.3) is 0 Å². The molecule has 3 rings (SSSR count). The number of carbonyl (C=O) groups is 2. The van der Waals surface area contributed by atoms with Crippen LogP contribution in [-0.2, 0) is 14.3 Å². The molecule has 3 aliphatic rings. The summed E-state index contributed by atoms with van der Waals surface area (Å²) in [5.74, 6) is -0.977. The average molecular weight is 310 g/mol. The summed E-state index contributed by atoms with van der Waals surface area (Å²) >= 11 is 0. The number of nitrogens with zero attached hydrogens (tertiary/aromatic N) is 2. The molecule has 1 amide bonds. The van der Waals surface area contributed by atoms with Crippen molar-refractivity contribution in [1.29, 1.82) is 0 Å². The lowest BCUT2D eigenvalue weighted by Gasteiger charge is -2.43. The van der Waals surface area contributed by atoms with Crippen LogP contribution in [0.15, 0.2) is 0 Å². The standard InChI is InChI=1S/C16H26N2O4/c1-12(19)18-11-16(10-14(18)15(20)21)4-6-17(7-5-16)13-2-8-22-9-3-13/h13-14H,2-11H2,1H3,(H,20,21)/t14-/m1/s1. The molecule has 0 unspecified atom stereocenters. The lowest BCUT2D eigenvalue weighted by atomic mass is 9.76. The van der Waals surface area contributed by atoms with E-state index < -0.39 is 12.0 Å². The van der Waals surface area contributed by atoms with Gasteiger partial charge in [-0.1, -0.05) is 0 Å². The second-order valence-electron chi connectivity index (χ2n) is 7.08. The molecule has 6 heteroatoms. The van der Waals surface area contributed by atoms with E-state index in [0.29, 0.717) is 19.0 Å². The topological polar surface area (TPSA) is 70.1 Å². The lowest BCUT2D eigenvalue weighted by Crippen LogP contribution is -2.48. The molecule has 0 aromatic carbocycles. The number of piperidine rings is 1. The molecule has 1 spiro atoms. The fourth-order valence-corrected chi connectivity index (χ4v) is 4.38. The first-order chi connectivity index (χ1) is 10.5. The average Bonchev–Trinajstić information content (AvgIpc) is 2.89. The van der Waals surface area contributed by atoms with E-state index in [1.54, 1.807) is 4.90 Å². The van der Waals surface area contributed by atoms with E-state index in [-0.39, 0.29) is 11.3 Å². The zero-order valence-electron chi connectivity index (χ0n) is 13.3. The van der Waals surface area contributed by atoms with Gasteiger partial charge < -0.3 is 19.6 Å². The Labute approximate surface area is 131 Å². The first-order valence-corrected chi connectivity index (χ1v) is 8.33. The highest BCUT2D eigenvalue weighted by Crippen LogP contribution is 2.44. The predicted molar refractivity (Wildman–Crippen MR) is 80.5 cm³/mol. The molecule has 1 atom stereocenters. The van der Waals surface area contributed by atoms with Crippen molar-refractivity contribution >= 4 is 11.9 Å². The van der Waals surface area contributed by atoms with Gasteiger partial charge in [0.15, 0.2) is 0 Å². The molecule has 0 aromatic rings. The monoisotopic (exact) mass is 310 g/mol. The van der Waals surface area contributed by atoms with Gasteiger partial charge in [0.05, 0.1) is 0 Å². The maximum absolute atomic E-state index is 11.7. The van der Waals surface area contributed by atoms with E-state index >= 15 is 0 Å². The van der Waals surface area contributed by atoms with Crippen molar-refractivity contribution in [2.45, 2.75) is 51.1 Å². The van der Waals surface area contributed by atoms with Crippen molar-refractivity contribution in [3.63, 3.8) is 0 Å². The maximum atomic E-state index is 11.7. The number of rotatable bonds is 2. The third-order valence-electron chi connectivity index (χ3n) is 5.76. The van der Waals surface area contributed by atoms with E-state index in [0.717, 1.165) is 52.0 Å². The summed E-state index contributed by atoms with van der Waals surface area (Å²) in [6.45, 7) is 5.83. The molecule has 1 N–H and O–H groups in total. The molecule has 0 radical (unpaired) electrons. The number of likely N-dealkylation sites (tertiary alicyclic amines) is 2. The number of ether oxygens (including phenoxy) is 1. The zero-order chi connectivity index (χ0) is 15.7. The summed E-state index contributed by atoms with van der Waals surface area (Å²) in [5.41, 5.74) is 0.0103. The number of carbonyl (C=O) groups excluding carboxylic acids is 1. The highest BCUT2D eigenvalue weighted by Gasteiger charge is 2.49. The molecule has 3 heterocycles. The van der Waals surface area contributed by atoms with Crippen molar-refractivity contribution in [2.75, 3.05) is 32.8 Å². The van der Waals surface area contributed by atoms with Crippen molar-refractivity contribution < 1.29 is 19.4 Å². The summed E-state index contributed by atoms with van der Waals surface area (Å²) in [6, 6.07) is -0.0150. The molecule has 0 aliphatic carbocycles. The summed E-state index contributed by atoms with van der Waals surface area (Å²) in [5, 5.41) is 9.38. The van der Waals surface area contributed by atoms with Gasteiger partial charge in [0.2, 0.25) is 5.91 Å². The summed E-state index contributed by atoms with van der Waals surface area (Å²) in [6.07, 6.45) is 4.81. The van der Waals surface area contributed by atoms with Crippen LogP contribution in [0.25, 0.3) is 0 Å². The van der Waals surface area contributed by atoms with Crippen LogP contribution in [0, 0.1) is 5.41 Å². The van der Waals surface area contributed by atoms with Crippen LogP contribution >= 0.6 is 0 Å². The lowest BCUT2D eigenvalue weighted by molar-refractivity contribution is -0.147. The van der Waals surface area contributed by atoms with Crippen LogP contribution in [0.3, 0.4) is 0 Å². The molecule has 0 aromatic heterocycles. The summed E-state index contributed by atoms with van der Waals surface area (Å²) < 4.78 is 5.43. The fourth-order valence-electron chi connectivity index (χ4n) is 4.38. The number of amides is 1. The largest absolute Gasteiger partial charge is 0.480 e. The van der Waals surface area contributed by atoms with Gasteiger partial charge in [-0.25, -0.2) is 4.79 Å². The van der Waals surface area contributed by atoms with Gasteiger partial charge >= 0.3 is 5.97 Å². The van der Waals surface area contributed by atoms with E-state index in [1.165, 1.54) is 6.92 Å².